The van der Waals surface area contributed by atoms with Gasteiger partial charge in [-0.2, -0.15) is 0 Å². The van der Waals surface area contributed by atoms with Crippen LogP contribution in [0.5, 0.6) is 0 Å². The highest BCUT2D eigenvalue weighted by Gasteiger charge is 2.15. The van der Waals surface area contributed by atoms with Crippen molar-refractivity contribution >= 4 is 17.3 Å². The van der Waals surface area contributed by atoms with Crippen LogP contribution < -0.4 is 4.90 Å². The van der Waals surface area contributed by atoms with Crippen LogP contribution in [0.2, 0.25) is 5.02 Å². The van der Waals surface area contributed by atoms with E-state index in [-0.39, 0.29) is 0 Å². The van der Waals surface area contributed by atoms with Gasteiger partial charge in [-0.05, 0) is 44.0 Å². The summed E-state index contributed by atoms with van der Waals surface area (Å²) in [6, 6.07) is 16.5. The van der Waals surface area contributed by atoms with Gasteiger partial charge in [0.1, 0.15) is 0 Å². The summed E-state index contributed by atoms with van der Waals surface area (Å²) in [5, 5.41) is 10.3. The molecule has 1 unspecified atom stereocenters. The Morgan fingerprint density at radius 2 is 1.71 bits per heavy atom. The lowest BCUT2D eigenvalue weighted by Gasteiger charge is -2.30. The van der Waals surface area contributed by atoms with Crippen LogP contribution in [0.3, 0.4) is 0 Å². The van der Waals surface area contributed by atoms with E-state index in [0.717, 1.165) is 17.8 Å². The summed E-state index contributed by atoms with van der Waals surface area (Å²) in [5.74, 6) is 0. The van der Waals surface area contributed by atoms with Crippen molar-refractivity contribution in [2.45, 2.75) is 39.5 Å². The molecule has 0 spiro atoms. The van der Waals surface area contributed by atoms with Crippen molar-refractivity contribution in [1.29, 1.82) is 0 Å². The standard InChI is InChI=1S/C18H22ClNO/c1-13(2)20(12-15-7-5-4-6-8-15)18-10-9-16(14(3)21)11-17(18)19/h4-11,13-14,21H,12H2,1-3H3. The number of halogens is 1. The third kappa shape index (κ3) is 3.99. The zero-order chi connectivity index (χ0) is 15.4. The van der Waals surface area contributed by atoms with Gasteiger partial charge >= 0.3 is 0 Å². The van der Waals surface area contributed by atoms with Crippen molar-refractivity contribution in [1.82, 2.24) is 0 Å². The van der Waals surface area contributed by atoms with Crippen molar-refractivity contribution in [3.05, 3.63) is 64.7 Å². The first-order chi connectivity index (χ1) is 9.99. The quantitative estimate of drug-likeness (QED) is 0.857. The molecule has 1 N–H and O–H groups in total. The fraction of sp³-hybridized carbons (Fsp3) is 0.333. The van der Waals surface area contributed by atoms with Gasteiger partial charge in [-0.1, -0.05) is 48.0 Å². The zero-order valence-electron chi connectivity index (χ0n) is 12.8. The van der Waals surface area contributed by atoms with Crippen molar-refractivity contribution in [2.75, 3.05) is 4.90 Å². The molecule has 2 aromatic rings. The second-order valence-corrected chi connectivity index (χ2v) is 6.00. The number of aliphatic hydroxyl groups excluding tert-OH is 1. The highest BCUT2D eigenvalue weighted by atomic mass is 35.5. The van der Waals surface area contributed by atoms with Crippen molar-refractivity contribution in [3.8, 4) is 0 Å². The maximum absolute atomic E-state index is 9.65. The lowest BCUT2D eigenvalue weighted by molar-refractivity contribution is 0.199. The van der Waals surface area contributed by atoms with E-state index < -0.39 is 6.10 Å². The molecule has 0 aliphatic rings. The Kier molecular flexibility index (Phi) is 5.27. The first-order valence-electron chi connectivity index (χ1n) is 7.27. The van der Waals surface area contributed by atoms with E-state index >= 15 is 0 Å². The predicted molar refractivity (Wildman–Crippen MR) is 89.8 cm³/mol. The molecule has 0 aromatic heterocycles. The molecule has 2 rings (SSSR count). The monoisotopic (exact) mass is 303 g/mol. The Hall–Kier alpha value is -1.51. The summed E-state index contributed by atoms with van der Waals surface area (Å²) in [7, 11) is 0. The lowest BCUT2D eigenvalue weighted by Crippen LogP contribution is -2.30. The van der Waals surface area contributed by atoms with Crippen LogP contribution in [-0.4, -0.2) is 11.1 Å². The molecule has 21 heavy (non-hydrogen) atoms. The van der Waals surface area contributed by atoms with Gasteiger partial charge in [-0.25, -0.2) is 0 Å². The maximum atomic E-state index is 9.65. The minimum Gasteiger partial charge on any atom is -0.389 e. The molecule has 1 atom stereocenters. The van der Waals surface area contributed by atoms with Crippen LogP contribution >= 0.6 is 11.6 Å². The summed E-state index contributed by atoms with van der Waals surface area (Å²) in [4.78, 5) is 2.27. The van der Waals surface area contributed by atoms with Crippen LogP contribution in [0.25, 0.3) is 0 Å². The van der Waals surface area contributed by atoms with Crippen molar-refractivity contribution < 1.29 is 5.11 Å². The van der Waals surface area contributed by atoms with Crippen LogP contribution in [0, 0.1) is 0 Å². The molecular formula is C18H22ClNO. The molecule has 3 heteroatoms. The van der Waals surface area contributed by atoms with E-state index in [9.17, 15) is 5.11 Å². The number of hydrogen-bond acceptors (Lipinski definition) is 2. The second kappa shape index (κ2) is 6.97. The molecule has 112 valence electrons. The average molecular weight is 304 g/mol. The summed E-state index contributed by atoms with van der Waals surface area (Å²) in [6.07, 6.45) is -0.502. The van der Waals surface area contributed by atoms with E-state index in [1.807, 2.05) is 36.4 Å². The molecule has 0 bridgehead atoms. The van der Waals surface area contributed by atoms with Gasteiger partial charge in [0.05, 0.1) is 16.8 Å². The van der Waals surface area contributed by atoms with Gasteiger partial charge in [-0.3, -0.25) is 0 Å². The minimum absolute atomic E-state index is 0.333. The SMILES string of the molecule is CC(O)c1ccc(N(Cc2ccccc2)C(C)C)c(Cl)c1. The normalized spacial score (nSPS) is 12.5. The third-order valence-electron chi connectivity index (χ3n) is 3.58. The predicted octanol–water partition coefficient (Wildman–Crippen LogP) is 4.81. The van der Waals surface area contributed by atoms with Crippen LogP contribution in [-0.2, 0) is 6.54 Å². The zero-order valence-corrected chi connectivity index (χ0v) is 13.5. The molecule has 0 saturated carbocycles. The highest BCUT2D eigenvalue weighted by molar-refractivity contribution is 6.33. The largest absolute Gasteiger partial charge is 0.389 e. The van der Waals surface area contributed by atoms with Gasteiger partial charge in [0.25, 0.3) is 0 Å². The minimum atomic E-state index is -0.502. The fourth-order valence-corrected chi connectivity index (χ4v) is 2.64. The fourth-order valence-electron chi connectivity index (χ4n) is 2.34. The Morgan fingerprint density at radius 3 is 2.24 bits per heavy atom. The second-order valence-electron chi connectivity index (χ2n) is 5.59. The number of anilines is 1. The Morgan fingerprint density at radius 1 is 1.05 bits per heavy atom. The van der Waals surface area contributed by atoms with E-state index in [1.165, 1.54) is 5.56 Å². The molecule has 2 aromatic carbocycles. The van der Waals surface area contributed by atoms with Gasteiger partial charge < -0.3 is 10.0 Å². The smallest absolute Gasteiger partial charge is 0.0762 e. The summed E-state index contributed by atoms with van der Waals surface area (Å²) < 4.78 is 0. The summed E-state index contributed by atoms with van der Waals surface area (Å²) in [6.45, 7) is 6.87. The third-order valence-corrected chi connectivity index (χ3v) is 3.89. The molecule has 0 aliphatic heterocycles. The molecule has 0 fully saturated rings. The molecule has 2 nitrogen and oxygen atoms in total. The number of nitrogens with zero attached hydrogens (tertiary/aromatic N) is 1. The molecule has 0 amide bonds. The van der Waals surface area contributed by atoms with Crippen molar-refractivity contribution in [3.63, 3.8) is 0 Å². The highest BCUT2D eigenvalue weighted by Crippen LogP contribution is 2.31. The van der Waals surface area contributed by atoms with Gasteiger partial charge in [0.15, 0.2) is 0 Å². The van der Waals surface area contributed by atoms with E-state index in [0.29, 0.717) is 11.1 Å². The lowest BCUT2D eigenvalue weighted by atomic mass is 10.1. The van der Waals surface area contributed by atoms with Crippen LogP contribution in [0.15, 0.2) is 48.5 Å². The Balaban J connectivity index is 2.30. The number of rotatable bonds is 5. The number of benzene rings is 2. The Labute approximate surface area is 132 Å². The number of hydrogen-bond donors (Lipinski definition) is 1. The molecule has 0 saturated heterocycles. The maximum Gasteiger partial charge on any atom is 0.0762 e. The molecule has 0 radical (unpaired) electrons. The van der Waals surface area contributed by atoms with Crippen molar-refractivity contribution in [2.24, 2.45) is 0 Å². The van der Waals surface area contributed by atoms with Gasteiger partial charge in [0, 0.05) is 12.6 Å². The van der Waals surface area contributed by atoms with Gasteiger partial charge in [0.2, 0.25) is 0 Å². The molecule has 0 heterocycles. The summed E-state index contributed by atoms with van der Waals surface area (Å²) >= 11 is 6.43. The molecular weight excluding hydrogens is 282 g/mol. The molecule has 0 aliphatic carbocycles. The number of aliphatic hydroxyl groups is 1. The topological polar surface area (TPSA) is 23.5 Å². The van der Waals surface area contributed by atoms with E-state index in [1.54, 1.807) is 6.92 Å². The van der Waals surface area contributed by atoms with Crippen LogP contribution in [0.4, 0.5) is 5.69 Å². The average Bonchev–Trinajstić information content (AvgIpc) is 2.46. The first kappa shape index (κ1) is 15.9. The van der Waals surface area contributed by atoms with Gasteiger partial charge in [-0.15, -0.1) is 0 Å². The van der Waals surface area contributed by atoms with E-state index in [2.05, 4.69) is 30.9 Å². The summed E-state index contributed by atoms with van der Waals surface area (Å²) in [5.41, 5.74) is 3.09. The van der Waals surface area contributed by atoms with Crippen LogP contribution in [0.1, 0.15) is 38.0 Å². The Bertz CT molecular complexity index is 581. The van der Waals surface area contributed by atoms with E-state index in [4.69, 9.17) is 11.6 Å². The first-order valence-corrected chi connectivity index (χ1v) is 7.65.